The normalized spacial score (nSPS) is 12.4. The van der Waals surface area contributed by atoms with Crippen molar-refractivity contribution in [3.8, 4) is 0 Å². The second-order valence-corrected chi connectivity index (χ2v) is 7.53. The van der Waals surface area contributed by atoms with E-state index in [1.807, 2.05) is 0 Å². The lowest BCUT2D eigenvalue weighted by atomic mass is 10.3. The fourth-order valence-corrected chi connectivity index (χ4v) is 5.09. The van der Waals surface area contributed by atoms with Crippen LogP contribution < -0.4 is 0 Å². The van der Waals surface area contributed by atoms with Crippen LogP contribution in [0.25, 0.3) is 0 Å². The molecule has 1 aromatic carbocycles. The summed E-state index contributed by atoms with van der Waals surface area (Å²) in [4.78, 5) is 12.9. The monoisotopic (exact) mass is 396 g/mol. The third-order valence-corrected chi connectivity index (χ3v) is 6.43. The maximum Gasteiger partial charge on any atom is 0.186 e. The molecule has 1 aromatic heterocycles. The van der Waals surface area contributed by atoms with Gasteiger partial charge in [0.1, 0.15) is 0 Å². The second-order valence-electron chi connectivity index (χ2n) is 3.56. The van der Waals surface area contributed by atoms with E-state index in [4.69, 9.17) is 23.2 Å². The minimum Gasteiger partial charge on any atom is -0.292 e. The van der Waals surface area contributed by atoms with Gasteiger partial charge < -0.3 is 0 Å². The Hall–Kier alpha value is -0.200. The van der Waals surface area contributed by atoms with Gasteiger partial charge in [-0.3, -0.25) is 9.00 Å². The molecule has 2 nitrogen and oxygen atoms in total. The number of carbonyl (C=O) groups excluding carboxylic acids is 1. The van der Waals surface area contributed by atoms with Crippen molar-refractivity contribution in [3.05, 3.63) is 49.0 Å². The molecular weight excluding hydrogens is 391 g/mol. The molecule has 0 amide bonds. The summed E-state index contributed by atoms with van der Waals surface area (Å²) in [6.07, 6.45) is 0. The molecule has 2 aromatic rings. The average molecular weight is 398 g/mol. The summed E-state index contributed by atoms with van der Waals surface area (Å²) >= 11 is 16.5. The summed E-state index contributed by atoms with van der Waals surface area (Å²) in [5.41, 5.74) is 0. The first-order valence-corrected chi connectivity index (χ1v) is 8.84. The molecule has 0 fully saturated rings. The SMILES string of the molecule is O=C(CS(=O)c1c(Cl)cccc1Cl)c1sccc1Br. The average Bonchev–Trinajstić information content (AvgIpc) is 2.75. The molecule has 0 saturated heterocycles. The lowest BCUT2D eigenvalue weighted by Gasteiger charge is -2.06. The van der Waals surface area contributed by atoms with Crippen molar-refractivity contribution < 1.29 is 9.00 Å². The van der Waals surface area contributed by atoms with E-state index in [1.54, 1.807) is 29.6 Å². The largest absolute Gasteiger partial charge is 0.292 e. The molecule has 0 saturated carbocycles. The Balaban J connectivity index is 2.23. The quantitative estimate of drug-likeness (QED) is 0.693. The van der Waals surface area contributed by atoms with E-state index >= 15 is 0 Å². The van der Waals surface area contributed by atoms with Gasteiger partial charge in [-0.25, -0.2) is 0 Å². The van der Waals surface area contributed by atoms with Crippen molar-refractivity contribution in [3.63, 3.8) is 0 Å². The fraction of sp³-hybridized carbons (Fsp3) is 0.0833. The summed E-state index contributed by atoms with van der Waals surface area (Å²) in [6, 6.07) is 6.66. The van der Waals surface area contributed by atoms with Gasteiger partial charge in [0.05, 0.1) is 36.4 Å². The highest BCUT2D eigenvalue weighted by molar-refractivity contribution is 9.10. The molecule has 100 valence electrons. The predicted octanol–water partition coefficient (Wildman–Crippen LogP) is 4.81. The molecule has 7 heteroatoms. The highest BCUT2D eigenvalue weighted by Gasteiger charge is 2.19. The third-order valence-electron chi connectivity index (χ3n) is 2.28. The molecule has 0 N–H and O–H groups in total. The zero-order chi connectivity index (χ0) is 14.0. The molecule has 0 spiro atoms. The molecule has 1 atom stereocenters. The van der Waals surface area contributed by atoms with Crippen molar-refractivity contribution in [2.45, 2.75) is 4.90 Å². The van der Waals surface area contributed by atoms with Crippen LogP contribution in [0.3, 0.4) is 0 Å². The summed E-state index contributed by atoms with van der Waals surface area (Å²) in [6.45, 7) is 0. The fourth-order valence-electron chi connectivity index (χ4n) is 1.45. The smallest absolute Gasteiger partial charge is 0.186 e. The number of benzene rings is 1. The molecule has 0 bridgehead atoms. The van der Waals surface area contributed by atoms with Gasteiger partial charge in [0.25, 0.3) is 0 Å². The Morgan fingerprint density at radius 2 is 1.89 bits per heavy atom. The summed E-state index contributed by atoms with van der Waals surface area (Å²) < 4.78 is 12.9. The van der Waals surface area contributed by atoms with Crippen LogP contribution >= 0.6 is 50.5 Å². The van der Waals surface area contributed by atoms with Crippen molar-refractivity contribution in [2.24, 2.45) is 0 Å². The molecule has 19 heavy (non-hydrogen) atoms. The van der Waals surface area contributed by atoms with Crippen LogP contribution in [0.4, 0.5) is 0 Å². The van der Waals surface area contributed by atoms with Crippen molar-refractivity contribution in [1.82, 2.24) is 0 Å². The maximum atomic E-state index is 12.2. The number of hydrogen-bond acceptors (Lipinski definition) is 3. The van der Waals surface area contributed by atoms with Crippen LogP contribution in [0, 0.1) is 0 Å². The Bertz CT molecular complexity index is 635. The number of ketones is 1. The highest BCUT2D eigenvalue weighted by Crippen LogP contribution is 2.29. The first-order chi connectivity index (χ1) is 9.00. The van der Waals surface area contributed by atoms with Gasteiger partial charge in [-0.1, -0.05) is 29.3 Å². The third kappa shape index (κ3) is 3.47. The van der Waals surface area contributed by atoms with E-state index in [0.717, 1.165) is 0 Å². The summed E-state index contributed by atoms with van der Waals surface area (Å²) in [5, 5.41) is 2.41. The molecule has 1 heterocycles. The van der Waals surface area contributed by atoms with Crippen LogP contribution in [0.15, 0.2) is 39.0 Å². The van der Waals surface area contributed by atoms with Gasteiger partial charge in [-0.15, -0.1) is 11.3 Å². The Morgan fingerprint density at radius 3 is 2.42 bits per heavy atom. The summed E-state index contributed by atoms with van der Waals surface area (Å²) in [5.74, 6) is -0.334. The van der Waals surface area contributed by atoms with Gasteiger partial charge in [0.2, 0.25) is 0 Å². The Morgan fingerprint density at radius 1 is 1.26 bits per heavy atom. The minimum atomic E-state index is -1.56. The van der Waals surface area contributed by atoms with Crippen molar-refractivity contribution in [1.29, 1.82) is 0 Å². The zero-order valence-corrected chi connectivity index (χ0v) is 14.1. The van der Waals surface area contributed by atoms with Gasteiger partial charge in [-0.05, 0) is 39.5 Å². The van der Waals surface area contributed by atoms with Gasteiger partial charge >= 0.3 is 0 Å². The number of Topliss-reactive ketones (excluding diaryl/α,β-unsaturated/α-hetero) is 1. The number of rotatable bonds is 4. The highest BCUT2D eigenvalue weighted by atomic mass is 79.9. The Labute approximate surface area is 135 Å². The molecule has 1 unspecified atom stereocenters. The molecule has 2 rings (SSSR count). The molecular formula is C12H7BrCl2O2S2. The van der Waals surface area contributed by atoms with Gasteiger partial charge in [0.15, 0.2) is 5.78 Å². The van der Waals surface area contributed by atoms with Gasteiger partial charge in [0, 0.05) is 4.47 Å². The van der Waals surface area contributed by atoms with Crippen LogP contribution in [0.1, 0.15) is 9.67 Å². The lowest BCUT2D eigenvalue weighted by Crippen LogP contribution is -2.11. The van der Waals surface area contributed by atoms with E-state index in [2.05, 4.69) is 15.9 Å². The van der Waals surface area contributed by atoms with E-state index < -0.39 is 10.8 Å². The molecule has 0 radical (unpaired) electrons. The van der Waals surface area contributed by atoms with Crippen LogP contribution in [-0.2, 0) is 10.8 Å². The minimum absolute atomic E-state index is 0.136. The first-order valence-electron chi connectivity index (χ1n) is 5.09. The number of halogens is 3. The van der Waals surface area contributed by atoms with Crippen LogP contribution in [0.2, 0.25) is 10.0 Å². The molecule has 0 aliphatic rings. The van der Waals surface area contributed by atoms with Crippen LogP contribution in [-0.4, -0.2) is 15.7 Å². The molecule has 0 aliphatic carbocycles. The Kier molecular flexibility index (Phi) is 5.20. The zero-order valence-electron chi connectivity index (χ0n) is 9.36. The van der Waals surface area contributed by atoms with E-state index in [-0.39, 0.29) is 11.5 Å². The summed E-state index contributed by atoms with van der Waals surface area (Å²) in [7, 11) is -1.56. The number of hydrogen-bond donors (Lipinski definition) is 0. The van der Waals surface area contributed by atoms with E-state index in [0.29, 0.717) is 24.3 Å². The van der Waals surface area contributed by atoms with Crippen molar-refractivity contribution >= 4 is 67.1 Å². The predicted molar refractivity (Wildman–Crippen MR) is 84.1 cm³/mol. The standard InChI is InChI=1S/C12H7BrCl2O2S2/c13-7-4-5-18-11(7)10(16)6-19(17)12-8(14)2-1-3-9(12)15/h1-5H,6H2. The first kappa shape index (κ1) is 15.2. The number of thiophene rings is 1. The van der Waals surface area contributed by atoms with Crippen LogP contribution in [0.5, 0.6) is 0 Å². The topological polar surface area (TPSA) is 34.1 Å². The van der Waals surface area contributed by atoms with E-state index in [9.17, 15) is 9.00 Å². The second kappa shape index (κ2) is 6.50. The maximum absolute atomic E-state index is 12.2. The number of carbonyl (C=O) groups is 1. The lowest BCUT2D eigenvalue weighted by molar-refractivity contribution is 0.102. The van der Waals surface area contributed by atoms with Gasteiger partial charge in [-0.2, -0.15) is 0 Å². The van der Waals surface area contributed by atoms with Crippen molar-refractivity contribution in [2.75, 3.05) is 5.75 Å². The molecule has 0 aliphatic heterocycles. The van der Waals surface area contributed by atoms with E-state index in [1.165, 1.54) is 11.3 Å².